The average Bonchev–Trinajstić information content (AvgIpc) is 3.54. The number of thiophene rings is 1. The van der Waals surface area contributed by atoms with Gasteiger partial charge in [0.15, 0.2) is 17.0 Å². The number of benzene rings is 1. The Balaban J connectivity index is 1.40. The van der Waals surface area contributed by atoms with Gasteiger partial charge < -0.3 is 10.1 Å². The summed E-state index contributed by atoms with van der Waals surface area (Å²) in [6.45, 7) is 1.12. The minimum absolute atomic E-state index is 0.0512. The van der Waals surface area contributed by atoms with Crippen molar-refractivity contribution in [2.24, 2.45) is 0 Å². The van der Waals surface area contributed by atoms with Crippen molar-refractivity contribution in [2.45, 2.75) is 11.1 Å². The number of fused-ring (bicyclic) bond motifs is 1. The highest BCUT2D eigenvalue weighted by atomic mass is 32.2. The average molecular weight is 538 g/mol. The van der Waals surface area contributed by atoms with Gasteiger partial charge in [0, 0.05) is 24.8 Å². The van der Waals surface area contributed by atoms with Crippen LogP contribution in [0, 0.1) is 0 Å². The number of hydrogen-bond acceptors (Lipinski definition) is 7. The molecular formula is C22H18F3N5O4S2. The van der Waals surface area contributed by atoms with Gasteiger partial charge in [0.25, 0.3) is 5.91 Å². The fraction of sp³-hybridized carbons (Fsp3) is 0.227. The van der Waals surface area contributed by atoms with E-state index in [0.717, 1.165) is 6.07 Å². The first-order chi connectivity index (χ1) is 17.1. The highest BCUT2D eigenvalue weighted by molar-refractivity contribution is 7.89. The summed E-state index contributed by atoms with van der Waals surface area (Å²) in [5, 5.41) is 8.08. The summed E-state index contributed by atoms with van der Waals surface area (Å²) < 4.78 is 73.7. The SMILES string of the molecule is O=C(Nc1ccc(S(=O)(=O)N2CCOCC2)cc1)c1cc2nc(-c3cccs3)cc(C(F)(F)F)n2n1. The summed E-state index contributed by atoms with van der Waals surface area (Å²) in [4.78, 5) is 17.6. The zero-order chi connectivity index (χ0) is 25.5. The van der Waals surface area contributed by atoms with Crippen molar-refractivity contribution in [1.29, 1.82) is 0 Å². The topological polar surface area (TPSA) is 106 Å². The van der Waals surface area contributed by atoms with E-state index in [9.17, 15) is 26.4 Å². The van der Waals surface area contributed by atoms with Crippen molar-refractivity contribution in [3.05, 3.63) is 65.3 Å². The molecule has 0 saturated carbocycles. The van der Waals surface area contributed by atoms with E-state index in [1.165, 1.54) is 46.0 Å². The van der Waals surface area contributed by atoms with Crippen LogP contribution in [0.4, 0.5) is 18.9 Å². The quantitative estimate of drug-likeness (QED) is 0.416. The Morgan fingerprint density at radius 3 is 2.44 bits per heavy atom. The van der Waals surface area contributed by atoms with E-state index in [-0.39, 0.29) is 40.7 Å². The Bertz CT molecular complexity index is 1510. The number of sulfonamides is 1. The molecule has 1 aliphatic heterocycles. The molecule has 0 unspecified atom stereocenters. The van der Waals surface area contributed by atoms with Crippen LogP contribution in [0.25, 0.3) is 16.2 Å². The number of aromatic nitrogens is 3. The van der Waals surface area contributed by atoms with Crippen LogP contribution < -0.4 is 5.32 Å². The lowest BCUT2D eigenvalue weighted by Gasteiger charge is -2.26. The lowest BCUT2D eigenvalue weighted by atomic mass is 10.2. The van der Waals surface area contributed by atoms with E-state index in [2.05, 4.69) is 15.4 Å². The Morgan fingerprint density at radius 1 is 1.08 bits per heavy atom. The fourth-order valence-corrected chi connectivity index (χ4v) is 5.77. The van der Waals surface area contributed by atoms with Crippen molar-refractivity contribution >= 4 is 38.6 Å². The summed E-state index contributed by atoms with van der Waals surface area (Å²) in [6, 6.07) is 10.9. The van der Waals surface area contributed by atoms with Crippen LogP contribution in [0.5, 0.6) is 0 Å². The first kappa shape index (κ1) is 24.4. The van der Waals surface area contributed by atoms with Crippen LogP contribution in [-0.2, 0) is 20.9 Å². The molecule has 1 saturated heterocycles. The number of nitrogens with one attached hydrogen (secondary N) is 1. The van der Waals surface area contributed by atoms with E-state index in [0.29, 0.717) is 22.6 Å². The van der Waals surface area contributed by atoms with Crippen molar-refractivity contribution < 1.29 is 31.1 Å². The second-order valence-electron chi connectivity index (χ2n) is 7.80. The van der Waals surface area contributed by atoms with Crippen LogP contribution in [0.3, 0.4) is 0 Å². The van der Waals surface area contributed by atoms with Gasteiger partial charge in [-0.3, -0.25) is 4.79 Å². The molecule has 1 N–H and O–H groups in total. The molecule has 0 aliphatic carbocycles. The number of nitrogens with zero attached hydrogens (tertiary/aromatic N) is 4. The molecule has 0 spiro atoms. The minimum atomic E-state index is -4.73. The number of halogens is 3. The third kappa shape index (κ3) is 4.72. The van der Waals surface area contributed by atoms with E-state index in [4.69, 9.17) is 4.74 Å². The van der Waals surface area contributed by atoms with Crippen LogP contribution in [-0.4, -0.2) is 59.5 Å². The van der Waals surface area contributed by atoms with Gasteiger partial charge in [-0.05, 0) is 41.8 Å². The van der Waals surface area contributed by atoms with Gasteiger partial charge in [-0.2, -0.15) is 22.6 Å². The molecule has 4 heterocycles. The molecule has 36 heavy (non-hydrogen) atoms. The Labute approximate surface area is 207 Å². The molecule has 5 rings (SSSR count). The van der Waals surface area contributed by atoms with Crippen LogP contribution in [0.15, 0.2) is 58.8 Å². The Hall–Kier alpha value is -3.33. The highest BCUT2D eigenvalue weighted by Crippen LogP contribution is 2.33. The van der Waals surface area contributed by atoms with Crippen LogP contribution >= 0.6 is 11.3 Å². The van der Waals surface area contributed by atoms with Gasteiger partial charge in [0.05, 0.1) is 28.7 Å². The maximum absolute atomic E-state index is 13.7. The van der Waals surface area contributed by atoms with Gasteiger partial charge in [-0.15, -0.1) is 11.3 Å². The van der Waals surface area contributed by atoms with E-state index >= 15 is 0 Å². The molecule has 1 fully saturated rings. The lowest BCUT2D eigenvalue weighted by Crippen LogP contribution is -2.40. The van der Waals surface area contributed by atoms with Gasteiger partial charge in [-0.1, -0.05) is 6.07 Å². The number of hydrogen-bond donors (Lipinski definition) is 1. The molecule has 4 aromatic rings. The molecule has 1 amide bonds. The maximum atomic E-state index is 13.7. The zero-order valence-electron chi connectivity index (χ0n) is 18.4. The standard InChI is InChI=1S/C22H18F3N5O4S2/c23-22(24,25)19-12-16(18-2-1-11-35-18)27-20-13-17(28-30(19)20)21(31)26-14-3-5-15(6-4-14)36(32,33)29-7-9-34-10-8-29/h1-6,11-13H,7-10H2,(H,26,31). The maximum Gasteiger partial charge on any atom is 0.433 e. The molecule has 9 nitrogen and oxygen atoms in total. The predicted octanol–water partition coefficient (Wildman–Crippen LogP) is 3.75. The summed E-state index contributed by atoms with van der Waals surface area (Å²) in [5.74, 6) is -0.768. The second kappa shape index (κ2) is 9.28. The Kier molecular flexibility index (Phi) is 6.28. The number of alkyl halides is 3. The number of morpholine rings is 1. The molecule has 14 heteroatoms. The van der Waals surface area contributed by atoms with E-state index in [1.54, 1.807) is 17.5 Å². The summed E-state index contributed by atoms with van der Waals surface area (Å²) in [7, 11) is -3.71. The lowest BCUT2D eigenvalue weighted by molar-refractivity contribution is -0.142. The number of amides is 1. The van der Waals surface area contributed by atoms with Gasteiger partial charge >= 0.3 is 6.18 Å². The molecule has 1 aromatic carbocycles. The third-order valence-corrected chi connectivity index (χ3v) is 8.25. The minimum Gasteiger partial charge on any atom is -0.379 e. The smallest absolute Gasteiger partial charge is 0.379 e. The predicted molar refractivity (Wildman–Crippen MR) is 125 cm³/mol. The summed E-state index contributed by atoms with van der Waals surface area (Å²) in [6.07, 6.45) is -4.73. The number of carbonyl (C=O) groups excluding carboxylic acids is 1. The summed E-state index contributed by atoms with van der Waals surface area (Å²) >= 11 is 1.24. The van der Waals surface area contributed by atoms with E-state index < -0.39 is 27.8 Å². The van der Waals surface area contributed by atoms with Crippen molar-refractivity contribution in [1.82, 2.24) is 18.9 Å². The molecular weight excluding hydrogens is 519 g/mol. The first-order valence-electron chi connectivity index (χ1n) is 10.6. The zero-order valence-corrected chi connectivity index (χ0v) is 20.0. The normalized spacial score (nSPS) is 15.3. The second-order valence-corrected chi connectivity index (χ2v) is 10.7. The van der Waals surface area contributed by atoms with Gasteiger partial charge in [-0.25, -0.2) is 17.9 Å². The molecule has 1 aliphatic rings. The number of carbonyl (C=O) groups is 1. The molecule has 0 radical (unpaired) electrons. The van der Waals surface area contributed by atoms with Crippen LogP contribution in [0.2, 0.25) is 0 Å². The largest absolute Gasteiger partial charge is 0.433 e. The highest BCUT2D eigenvalue weighted by Gasteiger charge is 2.36. The number of ether oxygens (including phenoxy) is 1. The monoisotopic (exact) mass is 537 g/mol. The van der Waals surface area contributed by atoms with Crippen molar-refractivity contribution in [3.8, 4) is 10.6 Å². The molecule has 0 bridgehead atoms. The third-order valence-electron chi connectivity index (χ3n) is 5.44. The van der Waals surface area contributed by atoms with Crippen molar-refractivity contribution in [2.75, 3.05) is 31.6 Å². The molecule has 0 atom stereocenters. The van der Waals surface area contributed by atoms with Gasteiger partial charge in [0.2, 0.25) is 10.0 Å². The fourth-order valence-electron chi connectivity index (χ4n) is 3.68. The Morgan fingerprint density at radius 2 is 1.81 bits per heavy atom. The summed E-state index contributed by atoms with van der Waals surface area (Å²) in [5.41, 5.74) is -1.10. The van der Waals surface area contributed by atoms with Crippen LogP contribution in [0.1, 0.15) is 16.2 Å². The van der Waals surface area contributed by atoms with E-state index in [1.807, 2.05) is 0 Å². The van der Waals surface area contributed by atoms with Gasteiger partial charge in [0.1, 0.15) is 0 Å². The van der Waals surface area contributed by atoms with Crippen molar-refractivity contribution in [3.63, 3.8) is 0 Å². The first-order valence-corrected chi connectivity index (χ1v) is 13.0. The molecule has 3 aromatic heterocycles. The number of rotatable bonds is 5. The number of anilines is 1. The molecule has 188 valence electrons.